The van der Waals surface area contributed by atoms with Crippen molar-refractivity contribution in [1.29, 1.82) is 0 Å². The van der Waals surface area contributed by atoms with Gasteiger partial charge in [0.25, 0.3) is 0 Å². The van der Waals surface area contributed by atoms with Gasteiger partial charge in [-0.2, -0.15) is 0 Å². The third-order valence-corrected chi connectivity index (χ3v) is 4.25. The maximum Gasteiger partial charge on any atom is 0.408 e. The highest BCUT2D eigenvalue weighted by Crippen LogP contribution is 2.09. The van der Waals surface area contributed by atoms with E-state index in [4.69, 9.17) is 15.6 Å². The lowest BCUT2D eigenvalue weighted by atomic mass is 10.2. The zero-order valence-corrected chi connectivity index (χ0v) is 15.0. The van der Waals surface area contributed by atoms with E-state index in [-0.39, 0.29) is 18.9 Å². The molecule has 2 unspecified atom stereocenters. The second kappa shape index (κ2) is 11.1. The van der Waals surface area contributed by atoms with Gasteiger partial charge in [0.2, 0.25) is 11.0 Å². The number of aliphatic carboxylic acids is 1. The van der Waals surface area contributed by atoms with Crippen molar-refractivity contribution < 1.29 is 29.0 Å². The van der Waals surface area contributed by atoms with E-state index in [1.165, 1.54) is 6.92 Å². The molecule has 2 amide bonds. The van der Waals surface area contributed by atoms with Crippen LogP contribution in [0.4, 0.5) is 4.79 Å². The summed E-state index contributed by atoms with van der Waals surface area (Å²) in [5.41, 5.74) is 5.91. The minimum Gasteiger partial charge on any atom is -0.480 e. The van der Waals surface area contributed by atoms with Crippen LogP contribution in [0.5, 0.6) is 0 Å². The van der Waals surface area contributed by atoms with Gasteiger partial charge in [-0.15, -0.1) is 0 Å². The molecule has 0 saturated heterocycles. The number of amides is 2. The topological polar surface area (TPSA) is 148 Å². The van der Waals surface area contributed by atoms with Crippen LogP contribution in [-0.4, -0.2) is 52.6 Å². The molecule has 0 saturated carbocycles. The van der Waals surface area contributed by atoms with Gasteiger partial charge in [-0.25, -0.2) is 9.59 Å². The van der Waals surface area contributed by atoms with Crippen LogP contribution in [0.3, 0.4) is 0 Å². The number of carbonyl (C=O) groups excluding carboxylic acids is 3. The summed E-state index contributed by atoms with van der Waals surface area (Å²) in [6.07, 6.45) is -0.762. The van der Waals surface area contributed by atoms with E-state index in [0.29, 0.717) is 11.8 Å². The molecule has 1 aromatic carbocycles. The average Bonchev–Trinajstić information content (AvgIpc) is 2.63. The predicted molar refractivity (Wildman–Crippen MR) is 95.3 cm³/mol. The van der Waals surface area contributed by atoms with Crippen molar-refractivity contribution in [2.75, 3.05) is 12.3 Å². The Kier molecular flexibility index (Phi) is 9.17. The van der Waals surface area contributed by atoms with Gasteiger partial charge in [0.1, 0.15) is 12.6 Å². The minimum atomic E-state index is -1.28. The third-order valence-electron chi connectivity index (χ3n) is 3.11. The summed E-state index contributed by atoms with van der Waals surface area (Å²) in [6, 6.07) is 6.89. The first-order chi connectivity index (χ1) is 12.3. The van der Waals surface area contributed by atoms with E-state index in [1.807, 2.05) is 18.2 Å². The number of hydrogen-bond donors (Lipinski definition) is 4. The molecule has 1 aromatic rings. The van der Waals surface area contributed by atoms with Gasteiger partial charge in [0, 0.05) is 5.75 Å². The van der Waals surface area contributed by atoms with Gasteiger partial charge in [-0.1, -0.05) is 42.1 Å². The maximum atomic E-state index is 12.0. The van der Waals surface area contributed by atoms with Gasteiger partial charge >= 0.3 is 12.1 Å². The number of benzene rings is 1. The zero-order chi connectivity index (χ0) is 19.5. The molecule has 0 aliphatic carbocycles. The van der Waals surface area contributed by atoms with Gasteiger partial charge in [0.05, 0.1) is 12.6 Å². The molecule has 142 valence electrons. The Balaban J connectivity index is 2.39. The number of carboxylic acids is 1. The van der Waals surface area contributed by atoms with Crippen LogP contribution in [0.1, 0.15) is 12.5 Å². The number of alkyl carbamates (subject to hydrolysis) is 1. The average molecular weight is 383 g/mol. The maximum absolute atomic E-state index is 12.0. The Hall–Kier alpha value is -2.59. The zero-order valence-electron chi connectivity index (χ0n) is 14.1. The van der Waals surface area contributed by atoms with Crippen molar-refractivity contribution in [3.63, 3.8) is 0 Å². The second-order valence-corrected chi connectivity index (χ2v) is 6.24. The van der Waals surface area contributed by atoms with Crippen molar-refractivity contribution in [2.45, 2.75) is 25.6 Å². The molecule has 0 spiro atoms. The minimum absolute atomic E-state index is 0.0624. The van der Waals surface area contributed by atoms with Crippen molar-refractivity contribution in [3.8, 4) is 0 Å². The van der Waals surface area contributed by atoms with E-state index >= 15 is 0 Å². The summed E-state index contributed by atoms with van der Waals surface area (Å²) in [5, 5.41) is 13.1. The van der Waals surface area contributed by atoms with Crippen LogP contribution >= 0.6 is 11.8 Å². The molecule has 5 N–H and O–H groups in total. The Morgan fingerprint density at radius 2 is 1.85 bits per heavy atom. The van der Waals surface area contributed by atoms with Crippen molar-refractivity contribution >= 4 is 34.8 Å². The van der Waals surface area contributed by atoms with Gasteiger partial charge in [-0.3, -0.25) is 9.59 Å². The highest BCUT2D eigenvalue weighted by molar-refractivity contribution is 8.13. The lowest BCUT2D eigenvalue weighted by Gasteiger charge is -2.16. The van der Waals surface area contributed by atoms with E-state index < -0.39 is 35.2 Å². The van der Waals surface area contributed by atoms with Gasteiger partial charge in [0.15, 0.2) is 0 Å². The molecule has 0 heterocycles. The number of rotatable bonds is 9. The third kappa shape index (κ3) is 7.99. The fourth-order valence-electron chi connectivity index (χ4n) is 1.72. The molecule has 0 radical (unpaired) electrons. The fraction of sp³-hybridized carbons (Fsp3) is 0.375. The number of nitrogens with one attached hydrogen (secondary N) is 2. The van der Waals surface area contributed by atoms with Crippen LogP contribution in [0.25, 0.3) is 0 Å². The molecule has 1 rings (SSSR count). The Morgan fingerprint density at radius 1 is 1.19 bits per heavy atom. The summed E-state index contributed by atoms with van der Waals surface area (Å²) in [7, 11) is 0. The molecule has 0 aliphatic heterocycles. The number of nitrogens with two attached hydrogens (primary N) is 1. The standard InChI is InChI=1S/C16H21N3O6S/c1-10(18-16(24)25-8-11-5-3-2-4-6-11)15(23)26-9-12(14(21)22)19-13(20)7-17/h2-6,10,12H,7-9,17H2,1H3,(H,18,24)(H,19,20)(H,21,22). The van der Waals surface area contributed by atoms with E-state index in [2.05, 4.69) is 10.6 Å². The summed E-state index contributed by atoms with van der Waals surface area (Å²) < 4.78 is 5.00. The van der Waals surface area contributed by atoms with Crippen LogP contribution in [0.15, 0.2) is 30.3 Å². The first-order valence-electron chi connectivity index (χ1n) is 7.69. The molecule has 0 aromatic heterocycles. The molecule has 10 heteroatoms. The first-order valence-corrected chi connectivity index (χ1v) is 8.68. The molecule has 9 nitrogen and oxygen atoms in total. The summed E-state index contributed by atoms with van der Waals surface area (Å²) >= 11 is 0.684. The van der Waals surface area contributed by atoms with Crippen molar-refractivity contribution in [3.05, 3.63) is 35.9 Å². The lowest BCUT2D eigenvalue weighted by molar-refractivity contribution is -0.140. The summed E-state index contributed by atoms with van der Waals surface area (Å²) in [6.45, 7) is 1.16. The molecule has 2 atom stereocenters. The SMILES string of the molecule is CC(NC(=O)OCc1ccccc1)C(=O)SCC(NC(=O)CN)C(=O)O. The van der Waals surface area contributed by atoms with E-state index in [0.717, 1.165) is 5.56 Å². The lowest BCUT2D eigenvalue weighted by Crippen LogP contribution is -2.46. The number of carbonyl (C=O) groups is 4. The number of carboxylic acid groups (broad SMARTS) is 1. The molecule has 0 fully saturated rings. The smallest absolute Gasteiger partial charge is 0.408 e. The summed E-state index contributed by atoms with van der Waals surface area (Å²) in [4.78, 5) is 45.9. The molecule has 0 bridgehead atoms. The molecule has 26 heavy (non-hydrogen) atoms. The molecular formula is C16H21N3O6S. The van der Waals surface area contributed by atoms with E-state index in [1.54, 1.807) is 12.1 Å². The predicted octanol–water partition coefficient (Wildman–Crippen LogP) is 0.0892. The number of hydrogen-bond acceptors (Lipinski definition) is 7. The fourth-order valence-corrected chi connectivity index (χ4v) is 2.58. The molecular weight excluding hydrogens is 362 g/mol. The van der Waals surface area contributed by atoms with Gasteiger partial charge < -0.3 is 26.2 Å². The van der Waals surface area contributed by atoms with Crippen molar-refractivity contribution in [2.24, 2.45) is 5.73 Å². The highest BCUT2D eigenvalue weighted by atomic mass is 32.2. The first kappa shape index (κ1) is 21.5. The number of ether oxygens (including phenoxy) is 1. The monoisotopic (exact) mass is 383 g/mol. The Labute approximate surface area is 154 Å². The van der Waals surface area contributed by atoms with E-state index in [9.17, 15) is 19.2 Å². The second-order valence-electron chi connectivity index (χ2n) is 5.22. The van der Waals surface area contributed by atoms with Crippen LogP contribution in [0, 0.1) is 0 Å². The van der Waals surface area contributed by atoms with Crippen LogP contribution < -0.4 is 16.4 Å². The number of thioether (sulfide) groups is 1. The van der Waals surface area contributed by atoms with Gasteiger partial charge in [-0.05, 0) is 12.5 Å². The normalized spacial score (nSPS) is 12.5. The molecule has 0 aliphatic rings. The quantitative estimate of drug-likeness (QED) is 0.469. The van der Waals surface area contributed by atoms with Crippen LogP contribution in [-0.2, 0) is 25.7 Å². The van der Waals surface area contributed by atoms with Crippen LogP contribution in [0.2, 0.25) is 0 Å². The summed E-state index contributed by atoms with van der Waals surface area (Å²) in [5.74, 6) is -2.11. The largest absolute Gasteiger partial charge is 0.480 e. The highest BCUT2D eigenvalue weighted by Gasteiger charge is 2.23. The Bertz CT molecular complexity index is 640. The van der Waals surface area contributed by atoms with Crippen molar-refractivity contribution in [1.82, 2.24) is 10.6 Å². The Morgan fingerprint density at radius 3 is 2.42 bits per heavy atom.